The summed E-state index contributed by atoms with van der Waals surface area (Å²) in [4.78, 5) is 12.0. The number of rotatable bonds is 8. The van der Waals surface area contributed by atoms with Crippen LogP contribution in [-0.4, -0.2) is 30.9 Å². The molecule has 0 amide bonds. The number of carbonyl (C=O) groups is 1. The smallest absolute Gasteiger partial charge is 0.326 e. The van der Waals surface area contributed by atoms with E-state index in [4.69, 9.17) is 4.74 Å². The second-order valence-corrected chi connectivity index (χ2v) is 6.71. The highest BCUT2D eigenvalue weighted by Crippen LogP contribution is 2.20. The fraction of sp³-hybridized carbons (Fsp3) is 0.588. The maximum Gasteiger partial charge on any atom is 0.326 e. The molecule has 118 valence electrons. The van der Waals surface area contributed by atoms with Crippen molar-refractivity contribution in [3.63, 3.8) is 0 Å². The van der Waals surface area contributed by atoms with Crippen LogP contribution < -0.4 is 5.32 Å². The molecule has 1 atom stereocenters. The van der Waals surface area contributed by atoms with Crippen LogP contribution in [0.5, 0.6) is 0 Å². The third kappa shape index (κ3) is 5.71. The van der Waals surface area contributed by atoms with E-state index in [0.717, 1.165) is 17.9 Å². The van der Waals surface area contributed by atoms with Crippen LogP contribution in [-0.2, 0) is 15.3 Å². The molecule has 0 aliphatic heterocycles. The number of thioether (sulfide) groups is 1. The molecule has 0 aliphatic carbocycles. The average molecular weight is 309 g/mol. The quantitative estimate of drug-likeness (QED) is 0.589. The summed E-state index contributed by atoms with van der Waals surface area (Å²) >= 11 is 1.85. The van der Waals surface area contributed by atoms with E-state index in [2.05, 4.69) is 37.4 Å². The molecule has 0 spiro atoms. The molecule has 0 heterocycles. The predicted octanol–water partition coefficient (Wildman–Crippen LogP) is 3.47. The van der Waals surface area contributed by atoms with Crippen LogP contribution in [0.25, 0.3) is 0 Å². The first-order valence-electron chi connectivity index (χ1n) is 7.42. The zero-order valence-corrected chi connectivity index (χ0v) is 14.6. The van der Waals surface area contributed by atoms with Crippen LogP contribution in [0.15, 0.2) is 18.2 Å². The van der Waals surface area contributed by atoms with E-state index < -0.39 is 5.54 Å². The van der Waals surface area contributed by atoms with Gasteiger partial charge in [-0.1, -0.05) is 29.3 Å². The Labute approximate surface area is 132 Å². The van der Waals surface area contributed by atoms with E-state index >= 15 is 0 Å². The minimum absolute atomic E-state index is 0.167. The molecule has 1 N–H and O–H groups in total. The third-order valence-electron chi connectivity index (χ3n) is 3.57. The summed E-state index contributed by atoms with van der Waals surface area (Å²) in [6, 6.07) is 6.64. The van der Waals surface area contributed by atoms with Gasteiger partial charge in [-0.2, -0.15) is 11.8 Å². The van der Waals surface area contributed by atoms with Crippen molar-refractivity contribution in [2.75, 3.05) is 19.4 Å². The van der Waals surface area contributed by atoms with Gasteiger partial charge in [0.05, 0.1) is 6.61 Å². The highest BCUT2D eigenvalue weighted by Gasteiger charge is 2.32. The summed E-state index contributed by atoms with van der Waals surface area (Å²) in [5, 5.41) is 3.09. The van der Waals surface area contributed by atoms with E-state index in [1.54, 1.807) is 0 Å². The number of carbonyl (C=O) groups excluding carboxylic acids is 1. The van der Waals surface area contributed by atoms with Crippen LogP contribution in [0.4, 0.5) is 0 Å². The number of aryl methyl sites for hydroxylation is 2. The van der Waals surface area contributed by atoms with E-state index in [-0.39, 0.29) is 5.97 Å². The Morgan fingerprint density at radius 2 is 1.90 bits per heavy atom. The van der Waals surface area contributed by atoms with Gasteiger partial charge in [0.25, 0.3) is 0 Å². The molecule has 1 aromatic rings. The van der Waals surface area contributed by atoms with Gasteiger partial charge < -0.3 is 10.1 Å². The Balaban J connectivity index is 2.46. The van der Waals surface area contributed by atoms with E-state index in [1.807, 2.05) is 32.7 Å². The Morgan fingerprint density at radius 1 is 1.29 bits per heavy atom. The standard InChI is InChI=1S/C17H27NO2S/c1-6-20-16(19)17(4,18-5)7-8-21-12-15-10-13(2)9-14(3)11-15/h9-11,18H,6-8,12H2,1-5H3. The molecule has 0 saturated carbocycles. The Bertz CT molecular complexity index is 456. The number of ether oxygens (including phenoxy) is 1. The van der Waals surface area contributed by atoms with Crippen molar-refractivity contribution in [2.45, 2.75) is 45.4 Å². The van der Waals surface area contributed by atoms with Crippen LogP contribution in [0.3, 0.4) is 0 Å². The van der Waals surface area contributed by atoms with Crippen molar-refractivity contribution in [3.05, 3.63) is 34.9 Å². The molecule has 1 aromatic carbocycles. The summed E-state index contributed by atoms with van der Waals surface area (Å²) in [7, 11) is 1.81. The number of benzene rings is 1. The molecule has 0 bridgehead atoms. The van der Waals surface area contributed by atoms with E-state index in [0.29, 0.717) is 6.61 Å². The summed E-state index contributed by atoms with van der Waals surface area (Å²) in [5.74, 6) is 1.73. The second kappa shape index (κ2) is 8.44. The van der Waals surface area contributed by atoms with Gasteiger partial charge in [-0.05, 0) is 52.5 Å². The predicted molar refractivity (Wildman–Crippen MR) is 90.8 cm³/mol. The summed E-state index contributed by atoms with van der Waals surface area (Å²) in [6.45, 7) is 8.41. The van der Waals surface area contributed by atoms with Gasteiger partial charge in [0, 0.05) is 5.75 Å². The SMILES string of the molecule is CCOC(=O)C(C)(CCSCc1cc(C)cc(C)c1)NC. The van der Waals surface area contributed by atoms with Crippen molar-refractivity contribution in [2.24, 2.45) is 0 Å². The zero-order chi connectivity index (χ0) is 15.9. The Kier molecular flexibility index (Phi) is 7.26. The lowest BCUT2D eigenvalue weighted by atomic mass is 10.00. The first-order valence-corrected chi connectivity index (χ1v) is 8.58. The van der Waals surface area contributed by atoms with Gasteiger partial charge in [0.1, 0.15) is 5.54 Å². The fourth-order valence-corrected chi connectivity index (χ4v) is 3.34. The molecule has 3 nitrogen and oxygen atoms in total. The van der Waals surface area contributed by atoms with E-state index in [1.165, 1.54) is 16.7 Å². The van der Waals surface area contributed by atoms with Gasteiger partial charge in [-0.15, -0.1) is 0 Å². The molecular formula is C17H27NO2S. The van der Waals surface area contributed by atoms with Crippen molar-refractivity contribution in [1.82, 2.24) is 5.32 Å². The number of hydrogen-bond acceptors (Lipinski definition) is 4. The number of esters is 1. The first-order chi connectivity index (χ1) is 9.91. The van der Waals surface area contributed by atoms with Crippen LogP contribution in [0.1, 0.15) is 37.0 Å². The van der Waals surface area contributed by atoms with Gasteiger partial charge >= 0.3 is 5.97 Å². The summed E-state index contributed by atoms with van der Waals surface area (Å²) < 4.78 is 5.13. The lowest BCUT2D eigenvalue weighted by Gasteiger charge is -2.26. The molecule has 0 aromatic heterocycles. The molecule has 4 heteroatoms. The Morgan fingerprint density at radius 3 is 2.43 bits per heavy atom. The van der Waals surface area contributed by atoms with Gasteiger partial charge in [-0.3, -0.25) is 4.79 Å². The number of nitrogens with one attached hydrogen (secondary N) is 1. The monoisotopic (exact) mass is 309 g/mol. The lowest BCUT2D eigenvalue weighted by Crippen LogP contribution is -2.49. The molecule has 0 saturated heterocycles. The molecule has 0 fully saturated rings. The maximum atomic E-state index is 12.0. The van der Waals surface area contributed by atoms with Crippen molar-refractivity contribution in [1.29, 1.82) is 0 Å². The largest absolute Gasteiger partial charge is 0.465 e. The zero-order valence-electron chi connectivity index (χ0n) is 13.8. The van der Waals surface area contributed by atoms with Crippen molar-refractivity contribution in [3.8, 4) is 0 Å². The van der Waals surface area contributed by atoms with Crippen LogP contribution in [0.2, 0.25) is 0 Å². The van der Waals surface area contributed by atoms with Gasteiger partial charge in [0.2, 0.25) is 0 Å². The fourth-order valence-electron chi connectivity index (χ4n) is 2.24. The van der Waals surface area contributed by atoms with Crippen molar-refractivity contribution < 1.29 is 9.53 Å². The lowest BCUT2D eigenvalue weighted by molar-refractivity contribution is -0.150. The average Bonchev–Trinajstić information content (AvgIpc) is 2.42. The van der Waals surface area contributed by atoms with Gasteiger partial charge in [0.15, 0.2) is 0 Å². The molecule has 0 aliphatic rings. The highest BCUT2D eigenvalue weighted by molar-refractivity contribution is 7.98. The van der Waals surface area contributed by atoms with E-state index in [9.17, 15) is 4.79 Å². The summed E-state index contributed by atoms with van der Waals surface area (Å²) in [6.07, 6.45) is 0.762. The maximum absolute atomic E-state index is 12.0. The minimum atomic E-state index is -0.592. The first kappa shape index (κ1) is 18.1. The highest BCUT2D eigenvalue weighted by atomic mass is 32.2. The number of likely N-dealkylation sites (N-methyl/N-ethyl adjacent to an activating group) is 1. The third-order valence-corrected chi connectivity index (χ3v) is 4.60. The normalized spacial score (nSPS) is 13.8. The second-order valence-electron chi connectivity index (χ2n) is 5.60. The number of hydrogen-bond donors (Lipinski definition) is 1. The van der Waals surface area contributed by atoms with Gasteiger partial charge in [-0.25, -0.2) is 0 Å². The molecule has 21 heavy (non-hydrogen) atoms. The minimum Gasteiger partial charge on any atom is -0.465 e. The molecule has 1 rings (SSSR count). The summed E-state index contributed by atoms with van der Waals surface area (Å²) in [5.41, 5.74) is 3.36. The Hall–Kier alpha value is -1.00. The van der Waals surface area contributed by atoms with Crippen LogP contribution in [0, 0.1) is 13.8 Å². The van der Waals surface area contributed by atoms with Crippen LogP contribution >= 0.6 is 11.8 Å². The molecular weight excluding hydrogens is 282 g/mol. The topological polar surface area (TPSA) is 38.3 Å². The molecule has 1 unspecified atom stereocenters. The molecule has 0 radical (unpaired) electrons. The van der Waals surface area contributed by atoms with Crippen molar-refractivity contribution >= 4 is 17.7 Å².